The fourth-order valence-corrected chi connectivity index (χ4v) is 5.31. The number of amides is 2. The lowest BCUT2D eigenvalue weighted by molar-refractivity contribution is -0.138. The first-order valence-electron chi connectivity index (χ1n) is 10.4. The Morgan fingerprint density at radius 1 is 1.04 bits per heavy atom. The number of thiophene rings is 1. The van der Waals surface area contributed by atoms with Crippen molar-refractivity contribution in [3.63, 3.8) is 0 Å². The van der Waals surface area contributed by atoms with Gasteiger partial charge in [-0.25, -0.2) is 0 Å². The molecule has 28 heavy (non-hydrogen) atoms. The topological polar surface area (TPSA) is 40.6 Å². The molecule has 1 aromatic carbocycles. The van der Waals surface area contributed by atoms with Crippen molar-refractivity contribution in [2.45, 2.75) is 57.5 Å². The Morgan fingerprint density at radius 3 is 2.71 bits per heavy atom. The summed E-state index contributed by atoms with van der Waals surface area (Å²) < 4.78 is 0. The lowest BCUT2D eigenvalue weighted by atomic mass is 10.0. The second-order valence-corrected chi connectivity index (χ2v) is 8.84. The molecule has 0 aliphatic carbocycles. The van der Waals surface area contributed by atoms with Gasteiger partial charge < -0.3 is 9.80 Å². The van der Waals surface area contributed by atoms with Crippen LogP contribution in [0.15, 0.2) is 41.8 Å². The Morgan fingerprint density at radius 2 is 1.86 bits per heavy atom. The third kappa shape index (κ3) is 4.46. The summed E-state index contributed by atoms with van der Waals surface area (Å²) >= 11 is 1.78. The van der Waals surface area contributed by atoms with Gasteiger partial charge in [0, 0.05) is 43.4 Å². The second kappa shape index (κ2) is 8.91. The highest BCUT2D eigenvalue weighted by Gasteiger charge is 2.29. The molecule has 2 aromatic rings. The number of hydrogen-bond acceptors (Lipinski definition) is 3. The molecule has 4 nitrogen and oxygen atoms in total. The van der Waals surface area contributed by atoms with Crippen LogP contribution in [0.1, 0.15) is 48.1 Å². The molecule has 5 heteroatoms. The quantitative estimate of drug-likeness (QED) is 0.739. The maximum atomic E-state index is 12.8. The Balaban J connectivity index is 1.25. The van der Waals surface area contributed by atoms with Crippen molar-refractivity contribution in [1.29, 1.82) is 0 Å². The SMILES string of the molecule is O=C(CCC(=O)N1CCCC1CCc1ccccc1)N1CCc2sccc2C1. The Bertz CT molecular complexity index is 817. The maximum Gasteiger partial charge on any atom is 0.223 e. The van der Waals surface area contributed by atoms with Crippen molar-refractivity contribution in [3.05, 3.63) is 57.8 Å². The minimum atomic E-state index is 0.116. The van der Waals surface area contributed by atoms with Gasteiger partial charge in [0.25, 0.3) is 0 Å². The van der Waals surface area contributed by atoms with Gasteiger partial charge in [-0.15, -0.1) is 11.3 Å². The van der Waals surface area contributed by atoms with E-state index in [9.17, 15) is 9.59 Å². The first-order chi connectivity index (χ1) is 13.7. The molecular weight excluding hydrogens is 368 g/mol. The van der Waals surface area contributed by atoms with Crippen molar-refractivity contribution in [2.24, 2.45) is 0 Å². The number of carbonyl (C=O) groups excluding carboxylic acids is 2. The molecule has 0 radical (unpaired) electrons. The largest absolute Gasteiger partial charge is 0.340 e. The minimum Gasteiger partial charge on any atom is -0.340 e. The average Bonchev–Trinajstić information content (AvgIpc) is 3.39. The summed E-state index contributed by atoms with van der Waals surface area (Å²) in [6.07, 6.45) is 5.79. The summed E-state index contributed by atoms with van der Waals surface area (Å²) in [5, 5.41) is 2.10. The molecule has 0 N–H and O–H groups in total. The number of carbonyl (C=O) groups is 2. The average molecular weight is 397 g/mol. The highest BCUT2D eigenvalue weighted by atomic mass is 32.1. The van der Waals surface area contributed by atoms with E-state index in [4.69, 9.17) is 0 Å². The van der Waals surface area contributed by atoms with Crippen molar-refractivity contribution < 1.29 is 9.59 Å². The summed E-state index contributed by atoms with van der Waals surface area (Å²) in [5.74, 6) is 0.266. The van der Waals surface area contributed by atoms with E-state index in [2.05, 4.69) is 35.7 Å². The zero-order chi connectivity index (χ0) is 19.3. The second-order valence-electron chi connectivity index (χ2n) is 7.84. The molecule has 2 amide bonds. The van der Waals surface area contributed by atoms with Crippen molar-refractivity contribution >= 4 is 23.2 Å². The van der Waals surface area contributed by atoms with E-state index < -0.39 is 0 Å². The van der Waals surface area contributed by atoms with Gasteiger partial charge in [0.15, 0.2) is 0 Å². The third-order valence-electron chi connectivity index (χ3n) is 6.02. The van der Waals surface area contributed by atoms with Gasteiger partial charge in [0.1, 0.15) is 0 Å². The summed E-state index contributed by atoms with van der Waals surface area (Å²) in [6.45, 7) is 2.33. The van der Waals surface area contributed by atoms with Crippen LogP contribution in [0.2, 0.25) is 0 Å². The van der Waals surface area contributed by atoms with Gasteiger partial charge in [-0.1, -0.05) is 30.3 Å². The number of hydrogen-bond donors (Lipinski definition) is 0. The van der Waals surface area contributed by atoms with Crippen LogP contribution in [0, 0.1) is 0 Å². The molecule has 1 aromatic heterocycles. The van der Waals surface area contributed by atoms with Gasteiger partial charge in [-0.2, -0.15) is 0 Å². The predicted octanol–water partition coefficient (Wildman–Crippen LogP) is 4.04. The summed E-state index contributed by atoms with van der Waals surface area (Å²) in [4.78, 5) is 30.7. The molecule has 148 valence electrons. The van der Waals surface area contributed by atoms with Gasteiger partial charge >= 0.3 is 0 Å². The molecule has 0 bridgehead atoms. The van der Waals surface area contributed by atoms with Crippen molar-refractivity contribution in [3.8, 4) is 0 Å². The molecule has 2 aliphatic heterocycles. The lowest BCUT2D eigenvalue weighted by Crippen LogP contribution is -2.38. The van der Waals surface area contributed by atoms with Gasteiger partial charge in [-0.3, -0.25) is 9.59 Å². The fraction of sp³-hybridized carbons (Fsp3) is 0.478. The molecule has 1 unspecified atom stereocenters. The minimum absolute atomic E-state index is 0.116. The standard InChI is InChI=1S/C23H28N2O2S/c26-22(24-15-12-21-19(17-24)13-16-28-21)10-11-23(27)25-14-4-7-20(25)9-8-18-5-2-1-3-6-18/h1-3,5-6,13,16,20H,4,7-12,14-15,17H2. The number of nitrogens with zero attached hydrogens (tertiary/aromatic N) is 2. The van der Waals surface area contributed by atoms with Crippen LogP contribution in [0.3, 0.4) is 0 Å². The Hall–Kier alpha value is -2.14. The third-order valence-corrected chi connectivity index (χ3v) is 7.04. The van der Waals surface area contributed by atoms with Crippen LogP contribution in [-0.2, 0) is 29.0 Å². The number of aryl methyl sites for hydroxylation is 1. The Labute approximate surface area is 171 Å². The van der Waals surface area contributed by atoms with Crippen LogP contribution in [0.4, 0.5) is 0 Å². The van der Waals surface area contributed by atoms with E-state index in [0.717, 1.165) is 45.2 Å². The zero-order valence-corrected chi connectivity index (χ0v) is 17.1. The maximum absolute atomic E-state index is 12.8. The van der Waals surface area contributed by atoms with Gasteiger partial charge in [0.05, 0.1) is 0 Å². The molecule has 3 heterocycles. The number of benzene rings is 1. The van der Waals surface area contributed by atoms with Gasteiger partial charge in [-0.05, 0) is 54.7 Å². The van der Waals surface area contributed by atoms with E-state index in [1.54, 1.807) is 11.3 Å². The summed E-state index contributed by atoms with van der Waals surface area (Å²) in [5.41, 5.74) is 2.60. The Kier molecular flexibility index (Phi) is 6.10. The summed E-state index contributed by atoms with van der Waals surface area (Å²) in [6, 6.07) is 12.9. The molecule has 1 atom stereocenters. The van der Waals surface area contributed by atoms with E-state index in [0.29, 0.717) is 25.4 Å². The van der Waals surface area contributed by atoms with Crippen LogP contribution in [0.5, 0.6) is 0 Å². The monoisotopic (exact) mass is 396 g/mol. The molecule has 2 aliphatic rings. The normalized spacial score (nSPS) is 18.9. The lowest BCUT2D eigenvalue weighted by Gasteiger charge is -2.28. The molecule has 0 spiro atoms. The van der Waals surface area contributed by atoms with E-state index in [-0.39, 0.29) is 11.8 Å². The first-order valence-corrected chi connectivity index (χ1v) is 11.2. The molecule has 1 saturated heterocycles. The molecular formula is C23H28N2O2S. The summed E-state index contributed by atoms with van der Waals surface area (Å²) in [7, 11) is 0. The van der Waals surface area contributed by atoms with E-state index in [1.165, 1.54) is 16.0 Å². The number of rotatable bonds is 6. The molecule has 4 rings (SSSR count). The van der Waals surface area contributed by atoms with E-state index in [1.807, 2.05) is 15.9 Å². The number of fused-ring (bicyclic) bond motifs is 1. The van der Waals surface area contributed by atoms with Crippen LogP contribution in [-0.4, -0.2) is 40.7 Å². The van der Waals surface area contributed by atoms with E-state index >= 15 is 0 Å². The molecule has 0 saturated carbocycles. The predicted molar refractivity (Wildman–Crippen MR) is 112 cm³/mol. The fourth-order valence-electron chi connectivity index (χ4n) is 4.42. The zero-order valence-electron chi connectivity index (χ0n) is 16.3. The molecule has 1 fully saturated rings. The highest BCUT2D eigenvalue weighted by molar-refractivity contribution is 7.10. The smallest absolute Gasteiger partial charge is 0.223 e. The van der Waals surface area contributed by atoms with Crippen molar-refractivity contribution in [1.82, 2.24) is 9.80 Å². The van der Waals surface area contributed by atoms with Crippen LogP contribution >= 0.6 is 11.3 Å². The van der Waals surface area contributed by atoms with Crippen LogP contribution < -0.4 is 0 Å². The van der Waals surface area contributed by atoms with Gasteiger partial charge in [0.2, 0.25) is 11.8 Å². The highest BCUT2D eigenvalue weighted by Crippen LogP contribution is 2.26. The first kappa shape index (κ1) is 19.2. The number of likely N-dealkylation sites (tertiary alicyclic amines) is 1. The van der Waals surface area contributed by atoms with Crippen molar-refractivity contribution in [2.75, 3.05) is 13.1 Å². The van der Waals surface area contributed by atoms with Crippen LogP contribution in [0.25, 0.3) is 0 Å².